The normalized spacial score (nSPS) is 17.1. The van der Waals surface area contributed by atoms with Crippen LogP contribution in [0.15, 0.2) is 34.9 Å². The number of nitrogens with one attached hydrogen (secondary N) is 1. The summed E-state index contributed by atoms with van der Waals surface area (Å²) in [5.74, 6) is 0.377. The molecule has 3 rings (SSSR count). The fourth-order valence-corrected chi connectivity index (χ4v) is 2.52. The number of hydrogen-bond acceptors (Lipinski definition) is 5. The average Bonchev–Trinajstić information content (AvgIpc) is 3.25. The lowest BCUT2D eigenvalue weighted by Gasteiger charge is -2.09. The van der Waals surface area contributed by atoms with E-state index in [-0.39, 0.29) is 18.6 Å². The summed E-state index contributed by atoms with van der Waals surface area (Å²) in [6.07, 6.45) is 3.76. The molecule has 128 valence electrons. The highest BCUT2D eigenvalue weighted by atomic mass is 16.5. The summed E-state index contributed by atoms with van der Waals surface area (Å²) in [5.41, 5.74) is 2.77. The zero-order valence-corrected chi connectivity index (χ0v) is 13.8. The Morgan fingerprint density at radius 2 is 2.21 bits per heavy atom. The van der Waals surface area contributed by atoms with Crippen molar-refractivity contribution >= 4 is 5.91 Å². The van der Waals surface area contributed by atoms with Crippen LogP contribution in [0.4, 0.5) is 0 Å². The topological polar surface area (TPSA) is 73.6 Å². The number of amides is 1. The van der Waals surface area contributed by atoms with E-state index in [1.807, 2.05) is 31.2 Å². The van der Waals surface area contributed by atoms with Crippen LogP contribution in [0.2, 0.25) is 0 Å². The van der Waals surface area contributed by atoms with Gasteiger partial charge in [0.05, 0.1) is 24.9 Å². The van der Waals surface area contributed by atoms with Gasteiger partial charge >= 0.3 is 0 Å². The molecule has 1 amide bonds. The van der Waals surface area contributed by atoms with E-state index in [1.165, 1.54) is 5.56 Å². The van der Waals surface area contributed by atoms with Crippen molar-refractivity contribution in [3.8, 4) is 11.5 Å². The summed E-state index contributed by atoms with van der Waals surface area (Å²) in [7, 11) is 0. The van der Waals surface area contributed by atoms with Crippen LogP contribution in [-0.4, -0.2) is 36.8 Å². The molecule has 0 unspecified atom stereocenters. The maximum atomic E-state index is 11.8. The quantitative estimate of drug-likeness (QED) is 0.844. The summed E-state index contributed by atoms with van der Waals surface area (Å²) < 4.78 is 16.3. The second kappa shape index (κ2) is 8.08. The van der Waals surface area contributed by atoms with Crippen molar-refractivity contribution in [2.75, 3.05) is 19.8 Å². The highest BCUT2D eigenvalue weighted by molar-refractivity contribution is 5.77. The lowest BCUT2D eigenvalue weighted by atomic mass is 10.1. The summed E-state index contributed by atoms with van der Waals surface area (Å²) in [6.45, 7) is 3.63. The van der Waals surface area contributed by atoms with E-state index in [2.05, 4.69) is 10.3 Å². The van der Waals surface area contributed by atoms with Crippen molar-refractivity contribution in [2.45, 2.75) is 32.4 Å². The standard InChI is InChI=1S/C18H22N2O4/c1-13-4-6-14(7-5-13)18-20-15(10-24-18)9-19-17(21)12-22-11-16-3-2-8-23-16/h4-7,10,16H,2-3,8-9,11-12H2,1H3,(H,19,21)/t16-/m0/s1. The first kappa shape index (κ1) is 16.7. The van der Waals surface area contributed by atoms with Gasteiger partial charge in [0, 0.05) is 12.2 Å². The molecule has 0 bridgehead atoms. The maximum absolute atomic E-state index is 11.8. The van der Waals surface area contributed by atoms with Gasteiger partial charge in [-0.05, 0) is 31.9 Å². The molecule has 0 spiro atoms. The Kier molecular flexibility index (Phi) is 5.61. The van der Waals surface area contributed by atoms with Crippen molar-refractivity contribution < 1.29 is 18.7 Å². The molecule has 1 aromatic carbocycles. The number of ether oxygens (including phenoxy) is 2. The number of oxazole rings is 1. The molecule has 24 heavy (non-hydrogen) atoms. The smallest absolute Gasteiger partial charge is 0.246 e. The van der Waals surface area contributed by atoms with Crippen LogP contribution < -0.4 is 5.32 Å². The Hall–Kier alpha value is -2.18. The monoisotopic (exact) mass is 330 g/mol. The van der Waals surface area contributed by atoms with Crippen LogP contribution >= 0.6 is 0 Å². The van der Waals surface area contributed by atoms with Gasteiger partial charge in [0.2, 0.25) is 11.8 Å². The summed E-state index contributed by atoms with van der Waals surface area (Å²) in [6, 6.07) is 7.93. The van der Waals surface area contributed by atoms with Crippen molar-refractivity contribution in [1.29, 1.82) is 0 Å². The van der Waals surface area contributed by atoms with E-state index in [1.54, 1.807) is 6.26 Å². The third kappa shape index (κ3) is 4.66. The van der Waals surface area contributed by atoms with Crippen molar-refractivity contribution in [1.82, 2.24) is 10.3 Å². The highest BCUT2D eigenvalue weighted by Crippen LogP contribution is 2.19. The lowest BCUT2D eigenvalue weighted by molar-refractivity contribution is -0.127. The van der Waals surface area contributed by atoms with Gasteiger partial charge in [-0.2, -0.15) is 0 Å². The van der Waals surface area contributed by atoms with E-state index >= 15 is 0 Å². The molecule has 6 nitrogen and oxygen atoms in total. The molecule has 1 aliphatic rings. The number of aromatic nitrogens is 1. The number of carbonyl (C=O) groups is 1. The molecule has 1 N–H and O–H groups in total. The summed E-state index contributed by atoms with van der Waals surface area (Å²) in [4.78, 5) is 16.2. The van der Waals surface area contributed by atoms with E-state index in [4.69, 9.17) is 13.9 Å². The number of rotatable bonds is 7. The highest BCUT2D eigenvalue weighted by Gasteiger charge is 2.16. The molecule has 1 atom stereocenters. The van der Waals surface area contributed by atoms with Crippen LogP contribution in [0.25, 0.3) is 11.5 Å². The second-order valence-electron chi connectivity index (χ2n) is 5.94. The fraction of sp³-hybridized carbons (Fsp3) is 0.444. The largest absolute Gasteiger partial charge is 0.444 e. The first-order valence-corrected chi connectivity index (χ1v) is 8.18. The van der Waals surface area contributed by atoms with Crippen LogP contribution in [0.5, 0.6) is 0 Å². The van der Waals surface area contributed by atoms with Gasteiger partial charge in [0.15, 0.2) is 0 Å². The Labute approximate surface area is 141 Å². The third-order valence-corrected chi connectivity index (χ3v) is 3.88. The summed E-state index contributed by atoms with van der Waals surface area (Å²) >= 11 is 0. The van der Waals surface area contributed by atoms with Gasteiger partial charge in [0.25, 0.3) is 0 Å². The number of aryl methyl sites for hydroxylation is 1. The van der Waals surface area contributed by atoms with E-state index in [0.717, 1.165) is 25.0 Å². The van der Waals surface area contributed by atoms with Gasteiger partial charge in [-0.1, -0.05) is 17.7 Å². The maximum Gasteiger partial charge on any atom is 0.246 e. The predicted molar refractivity (Wildman–Crippen MR) is 88.3 cm³/mol. The zero-order valence-electron chi connectivity index (χ0n) is 13.8. The SMILES string of the molecule is Cc1ccc(-c2nc(CNC(=O)COC[C@@H]3CCCO3)co2)cc1. The van der Waals surface area contributed by atoms with Gasteiger partial charge in [-0.15, -0.1) is 0 Å². The zero-order chi connectivity index (χ0) is 16.8. The number of nitrogens with zero attached hydrogens (tertiary/aromatic N) is 1. The Morgan fingerprint density at radius 1 is 1.38 bits per heavy atom. The minimum absolute atomic E-state index is 0.0303. The molecular weight excluding hydrogens is 308 g/mol. The molecule has 1 saturated heterocycles. The molecule has 0 saturated carbocycles. The number of benzene rings is 1. The molecule has 1 fully saturated rings. The number of carbonyl (C=O) groups excluding carboxylic acids is 1. The van der Waals surface area contributed by atoms with Crippen LogP contribution in [0.3, 0.4) is 0 Å². The van der Waals surface area contributed by atoms with Gasteiger partial charge < -0.3 is 19.2 Å². The Balaban J connectivity index is 1.41. The van der Waals surface area contributed by atoms with E-state index < -0.39 is 0 Å². The van der Waals surface area contributed by atoms with Crippen LogP contribution in [0.1, 0.15) is 24.1 Å². The van der Waals surface area contributed by atoms with Crippen LogP contribution in [0, 0.1) is 6.92 Å². The van der Waals surface area contributed by atoms with Gasteiger partial charge in [-0.3, -0.25) is 4.79 Å². The predicted octanol–water partition coefficient (Wildman–Crippen LogP) is 2.46. The first-order chi connectivity index (χ1) is 11.7. The molecule has 1 aliphatic heterocycles. The van der Waals surface area contributed by atoms with Crippen molar-refractivity contribution in [2.24, 2.45) is 0 Å². The van der Waals surface area contributed by atoms with Gasteiger partial charge in [-0.25, -0.2) is 4.98 Å². The Morgan fingerprint density at radius 3 is 2.96 bits per heavy atom. The van der Waals surface area contributed by atoms with Crippen molar-refractivity contribution in [3.05, 3.63) is 41.8 Å². The molecule has 0 aliphatic carbocycles. The average molecular weight is 330 g/mol. The third-order valence-electron chi connectivity index (χ3n) is 3.88. The molecule has 6 heteroatoms. The fourth-order valence-electron chi connectivity index (χ4n) is 2.52. The Bertz CT molecular complexity index is 660. The summed E-state index contributed by atoms with van der Waals surface area (Å²) in [5, 5.41) is 2.77. The van der Waals surface area contributed by atoms with E-state index in [9.17, 15) is 4.79 Å². The molecule has 1 aromatic heterocycles. The molecule has 2 heterocycles. The van der Waals surface area contributed by atoms with Crippen molar-refractivity contribution in [3.63, 3.8) is 0 Å². The lowest BCUT2D eigenvalue weighted by Crippen LogP contribution is -2.28. The minimum Gasteiger partial charge on any atom is -0.444 e. The van der Waals surface area contributed by atoms with E-state index in [0.29, 0.717) is 24.7 Å². The molecular formula is C18H22N2O4. The van der Waals surface area contributed by atoms with Crippen LogP contribution in [-0.2, 0) is 20.8 Å². The molecule has 2 aromatic rings. The number of hydrogen-bond donors (Lipinski definition) is 1. The minimum atomic E-state index is -0.173. The second-order valence-corrected chi connectivity index (χ2v) is 5.94. The first-order valence-electron chi connectivity index (χ1n) is 8.18. The molecule has 0 radical (unpaired) electrons. The van der Waals surface area contributed by atoms with Gasteiger partial charge in [0.1, 0.15) is 12.9 Å².